The van der Waals surface area contributed by atoms with Gasteiger partial charge in [-0.15, -0.1) is 0 Å². The van der Waals surface area contributed by atoms with Crippen molar-refractivity contribution < 1.29 is 19.1 Å². The van der Waals surface area contributed by atoms with Crippen molar-refractivity contribution in [3.05, 3.63) is 71.8 Å². The van der Waals surface area contributed by atoms with Gasteiger partial charge in [0.25, 0.3) is 5.91 Å². The number of nitrogens with zero attached hydrogens (tertiary/aromatic N) is 2. The van der Waals surface area contributed by atoms with Gasteiger partial charge in [-0.2, -0.15) is 0 Å². The zero-order chi connectivity index (χ0) is 27.1. The predicted molar refractivity (Wildman–Crippen MR) is 150 cm³/mol. The highest BCUT2D eigenvalue weighted by atomic mass is 16.5. The van der Waals surface area contributed by atoms with E-state index >= 15 is 0 Å². The molecule has 7 nitrogen and oxygen atoms in total. The Kier molecular flexibility index (Phi) is 9.00. The number of anilines is 1. The van der Waals surface area contributed by atoms with Crippen LogP contribution in [0.25, 0.3) is 10.8 Å². The van der Waals surface area contributed by atoms with Crippen molar-refractivity contribution in [2.75, 3.05) is 25.1 Å². The van der Waals surface area contributed by atoms with Crippen molar-refractivity contribution in [1.82, 2.24) is 10.2 Å². The quantitative estimate of drug-likeness (QED) is 0.313. The summed E-state index contributed by atoms with van der Waals surface area (Å²) in [6, 6.07) is 18.7. The van der Waals surface area contributed by atoms with Crippen molar-refractivity contribution in [3.63, 3.8) is 0 Å². The van der Waals surface area contributed by atoms with E-state index in [-0.39, 0.29) is 24.1 Å². The third kappa shape index (κ3) is 5.82. The molecule has 1 atom stereocenters. The SMILES string of the molecule is CCCCNC(=O)[C@H](CC)N(Cc1ccc(OC)cc1)C(=O)CCCN1C(=O)c2cccc3cccc1c23. The van der Waals surface area contributed by atoms with E-state index in [1.54, 1.807) is 16.9 Å². The first-order chi connectivity index (χ1) is 18.5. The lowest BCUT2D eigenvalue weighted by atomic mass is 10.1. The lowest BCUT2D eigenvalue weighted by Crippen LogP contribution is -2.49. The van der Waals surface area contributed by atoms with E-state index < -0.39 is 6.04 Å². The number of hydrogen-bond acceptors (Lipinski definition) is 4. The van der Waals surface area contributed by atoms with E-state index in [1.165, 1.54) is 0 Å². The number of methoxy groups -OCH3 is 1. The summed E-state index contributed by atoms with van der Waals surface area (Å²) < 4.78 is 5.26. The van der Waals surface area contributed by atoms with E-state index in [0.29, 0.717) is 38.0 Å². The molecule has 38 heavy (non-hydrogen) atoms. The average molecular weight is 516 g/mol. The summed E-state index contributed by atoms with van der Waals surface area (Å²) in [5.74, 6) is 0.490. The van der Waals surface area contributed by atoms with Crippen LogP contribution >= 0.6 is 0 Å². The number of rotatable bonds is 13. The maximum atomic E-state index is 13.6. The Balaban J connectivity index is 1.47. The second kappa shape index (κ2) is 12.6. The standard InChI is InChI=1S/C31H37N3O4/c1-4-6-19-32-30(36)26(5-2)34(21-22-15-17-24(38-3)18-16-22)28(35)14-9-20-33-27-13-8-11-23-10-7-12-25(29(23)27)31(33)37/h7-8,10-13,15-18,26H,4-6,9,14,19-21H2,1-3H3,(H,32,36)/t26-/m0/s1. The highest BCUT2D eigenvalue weighted by molar-refractivity contribution is 6.25. The summed E-state index contributed by atoms with van der Waals surface area (Å²) in [6.07, 6.45) is 3.14. The maximum Gasteiger partial charge on any atom is 0.258 e. The molecule has 0 unspecified atom stereocenters. The Hall–Kier alpha value is -3.87. The van der Waals surface area contributed by atoms with E-state index in [0.717, 1.165) is 40.6 Å². The zero-order valence-corrected chi connectivity index (χ0v) is 22.5. The van der Waals surface area contributed by atoms with Gasteiger partial charge >= 0.3 is 0 Å². The maximum absolute atomic E-state index is 13.6. The van der Waals surface area contributed by atoms with Gasteiger partial charge in [-0.1, -0.05) is 56.7 Å². The van der Waals surface area contributed by atoms with E-state index in [4.69, 9.17) is 4.74 Å². The topological polar surface area (TPSA) is 79.0 Å². The minimum atomic E-state index is -0.562. The van der Waals surface area contributed by atoms with Gasteiger partial charge in [0, 0.05) is 37.0 Å². The number of benzene rings is 3. The van der Waals surface area contributed by atoms with Crippen molar-refractivity contribution in [3.8, 4) is 5.75 Å². The molecule has 3 amide bonds. The first-order valence-corrected chi connectivity index (χ1v) is 13.5. The van der Waals surface area contributed by atoms with E-state index in [9.17, 15) is 14.4 Å². The number of carbonyl (C=O) groups is 3. The Labute approximate surface area is 224 Å². The lowest BCUT2D eigenvalue weighted by molar-refractivity contribution is -0.141. The number of nitrogens with one attached hydrogen (secondary N) is 1. The number of unbranched alkanes of at least 4 members (excludes halogenated alkanes) is 1. The van der Waals surface area contributed by atoms with Crippen LogP contribution in [0.5, 0.6) is 5.75 Å². The van der Waals surface area contributed by atoms with Crippen LogP contribution in [0.3, 0.4) is 0 Å². The molecule has 0 aliphatic carbocycles. The molecule has 0 bridgehead atoms. The second-order valence-electron chi connectivity index (χ2n) is 9.68. The second-order valence-corrected chi connectivity index (χ2v) is 9.68. The summed E-state index contributed by atoms with van der Waals surface area (Å²) in [5, 5.41) is 5.01. The van der Waals surface area contributed by atoms with Crippen LogP contribution in [-0.4, -0.2) is 48.9 Å². The molecule has 0 saturated carbocycles. The molecule has 0 aromatic heterocycles. The number of carbonyl (C=O) groups excluding carboxylic acids is 3. The summed E-state index contributed by atoms with van der Waals surface area (Å²) in [5.41, 5.74) is 2.53. The summed E-state index contributed by atoms with van der Waals surface area (Å²) >= 11 is 0. The Morgan fingerprint density at radius 2 is 1.74 bits per heavy atom. The molecule has 7 heteroatoms. The fraction of sp³-hybridized carbons (Fsp3) is 0.387. The molecule has 0 radical (unpaired) electrons. The first kappa shape index (κ1) is 27.2. The van der Waals surface area contributed by atoms with Gasteiger partial charge in [-0.3, -0.25) is 14.4 Å². The molecule has 3 aromatic carbocycles. The fourth-order valence-corrected chi connectivity index (χ4v) is 5.09. The highest BCUT2D eigenvalue weighted by Gasteiger charge is 2.31. The summed E-state index contributed by atoms with van der Waals surface area (Å²) in [4.78, 5) is 43.2. The van der Waals surface area contributed by atoms with Crippen molar-refractivity contribution in [2.45, 2.75) is 58.5 Å². The third-order valence-corrected chi connectivity index (χ3v) is 7.15. The minimum Gasteiger partial charge on any atom is -0.497 e. The van der Waals surface area contributed by atoms with Gasteiger partial charge in [0.2, 0.25) is 11.8 Å². The molecular formula is C31H37N3O4. The summed E-state index contributed by atoms with van der Waals surface area (Å²) in [6.45, 7) is 5.37. The lowest BCUT2D eigenvalue weighted by Gasteiger charge is -2.31. The zero-order valence-electron chi connectivity index (χ0n) is 22.5. The smallest absolute Gasteiger partial charge is 0.258 e. The van der Waals surface area contributed by atoms with Crippen LogP contribution in [0, 0.1) is 0 Å². The van der Waals surface area contributed by atoms with Crippen LogP contribution in [0.15, 0.2) is 60.7 Å². The van der Waals surface area contributed by atoms with Crippen molar-refractivity contribution >= 4 is 34.2 Å². The molecule has 1 N–H and O–H groups in total. The van der Waals surface area contributed by atoms with Crippen LogP contribution < -0.4 is 15.0 Å². The minimum absolute atomic E-state index is 0.0268. The molecule has 1 aliphatic heterocycles. The first-order valence-electron chi connectivity index (χ1n) is 13.5. The Bertz CT molecular complexity index is 1280. The number of hydrogen-bond donors (Lipinski definition) is 1. The third-order valence-electron chi connectivity index (χ3n) is 7.15. The highest BCUT2D eigenvalue weighted by Crippen LogP contribution is 2.37. The Morgan fingerprint density at radius 3 is 2.42 bits per heavy atom. The van der Waals surface area contributed by atoms with E-state index in [2.05, 4.69) is 12.2 Å². The molecule has 1 aliphatic rings. The molecule has 4 rings (SSSR count). The Morgan fingerprint density at radius 1 is 1.00 bits per heavy atom. The molecule has 3 aromatic rings. The molecule has 0 saturated heterocycles. The average Bonchev–Trinajstić information content (AvgIpc) is 3.21. The van der Waals surface area contributed by atoms with Crippen LogP contribution in [0.1, 0.15) is 61.9 Å². The monoisotopic (exact) mass is 515 g/mol. The largest absolute Gasteiger partial charge is 0.497 e. The fourth-order valence-electron chi connectivity index (χ4n) is 5.09. The van der Waals surface area contributed by atoms with Crippen molar-refractivity contribution in [1.29, 1.82) is 0 Å². The van der Waals surface area contributed by atoms with Gasteiger partial charge in [-0.05, 0) is 54.5 Å². The van der Waals surface area contributed by atoms with Crippen LogP contribution in [0.4, 0.5) is 5.69 Å². The van der Waals surface area contributed by atoms with Crippen LogP contribution in [0.2, 0.25) is 0 Å². The molecule has 1 heterocycles. The summed E-state index contributed by atoms with van der Waals surface area (Å²) in [7, 11) is 1.61. The van der Waals surface area contributed by atoms with Crippen LogP contribution in [-0.2, 0) is 16.1 Å². The molecule has 200 valence electrons. The van der Waals surface area contributed by atoms with Gasteiger partial charge in [-0.25, -0.2) is 0 Å². The van der Waals surface area contributed by atoms with Gasteiger partial charge in [0.05, 0.1) is 12.8 Å². The van der Waals surface area contributed by atoms with E-state index in [1.807, 2.05) is 67.6 Å². The normalized spacial score (nSPS) is 13.0. The van der Waals surface area contributed by atoms with Gasteiger partial charge in [0.1, 0.15) is 11.8 Å². The predicted octanol–water partition coefficient (Wildman–Crippen LogP) is 5.31. The van der Waals surface area contributed by atoms with Gasteiger partial charge < -0.3 is 19.9 Å². The van der Waals surface area contributed by atoms with Gasteiger partial charge in [0.15, 0.2) is 0 Å². The number of amides is 3. The number of ether oxygens (including phenoxy) is 1. The molecular weight excluding hydrogens is 478 g/mol. The molecule has 0 fully saturated rings. The van der Waals surface area contributed by atoms with Crippen molar-refractivity contribution in [2.24, 2.45) is 0 Å². The molecule has 0 spiro atoms.